The van der Waals surface area contributed by atoms with E-state index in [2.05, 4.69) is 15.2 Å². The van der Waals surface area contributed by atoms with Gasteiger partial charge in [0.2, 0.25) is 0 Å². The highest BCUT2D eigenvalue weighted by Gasteiger charge is 2.28. The Morgan fingerprint density at radius 1 is 1.35 bits per heavy atom. The number of carbonyl (C=O) groups is 1. The molecule has 146 valence electrons. The third kappa shape index (κ3) is 4.98. The molecular weight excluding hydrogens is 330 g/mol. The summed E-state index contributed by atoms with van der Waals surface area (Å²) >= 11 is 0. The van der Waals surface area contributed by atoms with Crippen LogP contribution in [0, 0.1) is 5.92 Å². The van der Waals surface area contributed by atoms with E-state index in [4.69, 9.17) is 0 Å². The third-order valence-electron chi connectivity index (χ3n) is 5.84. The number of likely N-dealkylation sites (tertiary alicyclic amines) is 1. The fourth-order valence-electron chi connectivity index (χ4n) is 4.30. The maximum absolute atomic E-state index is 12.6. The summed E-state index contributed by atoms with van der Waals surface area (Å²) < 4.78 is 1.90. The van der Waals surface area contributed by atoms with Gasteiger partial charge in [0, 0.05) is 45.1 Å². The molecule has 1 aliphatic heterocycles. The molecule has 1 saturated heterocycles. The molecule has 2 amide bonds. The van der Waals surface area contributed by atoms with Gasteiger partial charge in [-0.2, -0.15) is 0 Å². The van der Waals surface area contributed by atoms with Crippen LogP contribution < -0.4 is 5.32 Å². The maximum Gasteiger partial charge on any atom is 0.317 e. The van der Waals surface area contributed by atoms with Crippen molar-refractivity contribution in [2.24, 2.45) is 13.0 Å². The normalized spacial score (nSPS) is 21.8. The summed E-state index contributed by atoms with van der Waals surface area (Å²) in [4.78, 5) is 21.2. The Hall–Kier alpha value is -1.60. The van der Waals surface area contributed by atoms with Crippen LogP contribution in [0.3, 0.4) is 0 Å². The quantitative estimate of drug-likeness (QED) is 0.771. The zero-order valence-corrected chi connectivity index (χ0v) is 15.9. The Kier molecular flexibility index (Phi) is 6.91. The lowest BCUT2D eigenvalue weighted by Crippen LogP contribution is -2.47. The molecule has 1 aromatic heterocycles. The van der Waals surface area contributed by atoms with E-state index in [1.165, 1.54) is 45.1 Å². The first-order valence-corrected chi connectivity index (χ1v) is 10.0. The average Bonchev–Trinajstić information content (AvgIpc) is 3.32. The number of aryl methyl sites for hydroxylation is 1. The van der Waals surface area contributed by atoms with Crippen molar-refractivity contribution in [3.63, 3.8) is 0 Å². The SMILES string of the molecule is Cn1ccnc1CN(CCO)C(=O)NC[C@H]1CCCN(C2CCCC2)C1. The van der Waals surface area contributed by atoms with Gasteiger partial charge in [0.25, 0.3) is 0 Å². The number of aromatic nitrogens is 2. The summed E-state index contributed by atoms with van der Waals surface area (Å²) in [5.74, 6) is 1.34. The van der Waals surface area contributed by atoms with Crippen molar-refractivity contribution in [3.8, 4) is 0 Å². The molecule has 1 aromatic rings. The molecule has 0 spiro atoms. The van der Waals surface area contributed by atoms with E-state index in [9.17, 15) is 9.90 Å². The van der Waals surface area contributed by atoms with Crippen molar-refractivity contribution < 1.29 is 9.90 Å². The fraction of sp³-hybridized carbons (Fsp3) is 0.789. The van der Waals surface area contributed by atoms with Crippen LogP contribution in [0.1, 0.15) is 44.3 Å². The number of nitrogens with zero attached hydrogens (tertiary/aromatic N) is 4. The number of hydrogen-bond donors (Lipinski definition) is 2. The number of nitrogens with one attached hydrogen (secondary N) is 1. The van der Waals surface area contributed by atoms with Gasteiger partial charge in [-0.1, -0.05) is 12.8 Å². The van der Waals surface area contributed by atoms with E-state index in [0.717, 1.165) is 18.4 Å². The number of amides is 2. The Labute approximate surface area is 156 Å². The average molecular weight is 364 g/mol. The number of imidazole rings is 1. The number of piperidine rings is 1. The van der Waals surface area contributed by atoms with Crippen LogP contribution in [0.2, 0.25) is 0 Å². The van der Waals surface area contributed by atoms with E-state index in [1.54, 1.807) is 11.1 Å². The van der Waals surface area contributed by atoms with E-state index >= 15 is 0 Å². The molecule has 1 saturated carbocycles. The zero-order chi connectivity index (χ0) is 18.4. The van der Waals surface area contributed by atoms with Crippen molar-refractivity contribution in [2.75, 3.05) is 32.8 Å². The van der Waals surface area contributed by atoms with Crippen molar-refractivity contribution in [2.45, 2.75) is 51.1 Å². The van der Waals surface area contributed by atoms with E-state index in [-0.39, 0.29) is 12.6 Å². The smallest absolute Gasteiger partial charge is 0.317 e. The summed E-state index contributed by atoms with van der Waals surface area (Å²) in [6, 6.07) is 0.655. The molecule has 0 radical (unpaired) electrons. The number of aliphatic hydroxyl groups is 1. The lowest BCUT2D eigenvalue weighted by atomic mass is 9.96. The molecular formula is C19H33N5O2. The molecule has 1 aliphatic carbocycles. The van der Waals surface area contributed by atoms with Crippen LogP contribution in [-0.4, -0.2) is 69.3 Å². The number of hydrogen-bond acceptors (Lipinski definition) is 4. The van der Waals surface area contributed by atoms with Gasteiger partial charge in [-0.15, -0.1) is 0 Å². The molecule has 26 heavy (non-hydrogen) atoms. The van der Waals surface area contributed by atoms with Crippen molar-refractivity contribution in [1.82, 2.24) is 24.7 Å². The first-order valence-electron chi connectivity index (χ1n) is 10.0. The van der Waals surface area contributed by atoms with Crippen LogP contribution in [-0.2, 0) is 13.6 Å². The Bertz CT molecular complexity index is 570. The van der Waals surface area contributed by atoms with Crippen LogP contribution in [0.5, 0.6) is 0 Å². The fourth-order valence-corrected chi connectivity index (χ4v) is 4.30. The molecule has 0 unspecified atom stereocenters. The van der Waals surface area contributed by atoms with Gasteiger partial charge in [-0.05, 0) is 38.1 Å². The molecule has 7 nitrogen and oxygen atoms in total. The van der Waals surface area contributed by atoms with Crippen LogP contribution in [0.25, 0.3) is 0 Å². The van der Waals surface area contributed by atoms with Gasteiger partial charge in [0.15, 0.2) is 0 Å². The van der Waals surface area contributed by atoms with Gasteiger partial charge in [-0.3, -0.25) is 0 Å². The largest absolute Gasteiger partial charge is 0.395 e. The second-order valence-electron chi connectivity index (χ2n) is 7.73. The third-order valence-corrected chi connectivity index (χ3v) is 5.84. The molecule has 0 bridgehead atoms. The Balaban J connectivity index is 1.48. The number of carbonyl (C=O) groups excluding carboxylic acids is 1. The standard InChI is InChI=1S/C19H33N5O2/c1-22-10-8-20-18(22)15-24(11-12-25)19(26)21-13-16-5-4-9-23(14-16)17-6-2-3-7-17/h8,10,16-17,25H,2-7,9,11-15H2,1H3,(H,21,26)/t16-/m1/s1. The number of rotatable bonds is 7. The minimum Gasteiger partial charge on any atom is -0.395 e. The van der Waals surface area contributed by atoms with E-state index < -0.39 is 0 Å². The Morgan fingerprint density at radius 3 is 2.85 bits per heavy atom. The molecule has 2 heterocycles. The predicted molar refractivity (Wildman–Crippen MR) is 101 cm³/mol. The molecule has 3 rings (SSSR count). The van der Waals surface area contributed by atoms with Crippen LogP contribution >= 0.6 is 0 Å². The molecule has 0 aromatic carbocycles. The highest BCUT2D eigenvalue weighted by atomic mass is 16.3. The molecule has 2 N–H and O–H groups in total. The summed E-state index contributed by atoms with van der Waals surface area (Å²) in [5.41, 5.74) is 0. The van der Waals surface area contributed by atoms with Crippen molar-refractivity contribution >= 4 is 6.03 Å². The molecule has 7 heteroatoms. The van der Waals surface area contributed by atoms with Crippen LogP contribution in [0.4, 0.5) is 4.79 Å². The predicted octanol–water partition coefficient (Wildman–Crippen LogP) is 1.58. The monoisotopic (exact) mass is 363 g/mol. The minimum absolute atomic E-state index is 0.0449. The van der Waals surface area contributed by atoms with E-state index in [1.807, 2.05) is 17.8 Å². The van der Waals surface area contributed by atoms with Crippen molar-refractivity contribution in [1.29, 1.82) is 0 Å². The zero-order valence-electron chi connectivity index (χ0n) is 15.9. The van der Waals surface area contributed by atoms with Gasteiger partial charge >= 0.3 is 6.03 Å². The van der Waals surface area contributed by atoms with Gasteiger partial charge in [0.1, 0.15) is 5.82 Å². The van der Waals surface area contributed by atoms with Gasteiger partial charge in [-0.25, -0.2) is 9.78 Å². The number of aliphatic hydroxyl groups excluding tert-OH is 1. The highest BCUT2D eigenvalue weighted by molar-refractivity contribution is 5.74. The Morgan fingerprint density at radius 2 is 2.15 bits per heavy atom. The highest BCUT2D eigenvalue weighted by Crippen LogP contribution is 2.27. The lowest BCUT2D eigenvalue weighted by molar-refractivity contribution is 0.122. The second-order valence-corrected chi connectivity index (χ2v) is 7.73. The lowest BCUT2D eigenvalue weighted by Gasteiger charge is -2.37. The summed E-state index contributed by atoms with van der Waals surface area (Å²) in [6.07, 6.45) is 11.4. The first kappa shape index (κ1) is 19.2. The molecule has 2 fully saturated rings. The van der Waals surface area contributed by atoms with Crippen molar-refractivity contribution in [3.05, 3.63) is 18.2 Å². The molecule has 1 atom stereocenters. The van der Waals surface area contributed by atoms with E-state index in [0.29, 0.717) is 25.6 Å². The number of urea groups is 1. The summed E-state index contributed by atoms with van der Waals surface area (Å²) in [6.45, 7) is 3.71. The maximum atomic E-state index is 12.6. The van der Waals surface area contributed by atoms with Crippen LogP contribution in [0.15, 0.2) is 12.4 Å². The van der Waals surface area contributed by atoms with Gasteiger partial charge < -0.3 is 24.8 Å². The summed E-state index contributed by atoms with van der Waals surface area (Å²) in [5, 5.41) is 12.4. The second kappa shape index (κ2) is 9.37. The molecule has 2 aliphatic rings. The first-order chi connectivity index (χ1) is 12.7. The topological polar surface area (TPSA) is 73.6 Å². The minimum atomic E-state index is -0.111. The summed E-state index contributed by atoms with van der Waals surface area (Å²) in [7, 11) is 1.91. The van der Waals surface area contributed by atoms with Gasteiger partial charge in [0.05, 0.1) is 13.2 Å².